The fourth-order valence-corrected chi connectivity index (χ4v) is 2.60. The van der Waals surface area contributed by atoms with Crippen molar-refractivity contribution >= 4 is 11.7 Å². The van der Waals surface area contributed by atoms with E-state index in [2.05, 4.69) is 20.8 Å². The summed E-state index contributed by atoms with van der Waals surface area (Å²) in [5, 5.41) is 14.5. The maximum atomic E-state index is 5.67. The summed E-state index contributed by atoms with van der Waals surface area (Å²) in [6.07, 6.45) is 2.12. The van der Waals surface area contributed by atoms with E-state index in [1.165, 1.54) is 0 Å². The molecule has 0 bridgehead atoms. The molecule has 124 valence electrons. The number of hydrogen-bond acceptors (Lipinski definition) is 8. The van der Waals surface area contributed by atoms with Crippen LogP contribution in [0.15, 0.2) is 16.5 Å². The molecular weight excluding hydrogens is 300 g/mol. The molecule has 8 nitrogen and oxygen atoms in total. The van der Waals surface area contributed by atoms with Crippen LogP contribution >= 0.6 is 0 Å². The van der Waals surface area contributed by atoms with Gasteiger partial charge in [-0.15, -0.1) is 5.10 Å². The van der Waals surface area contributed by atoms with Crippen LogP contribution in [0.4, 0.5) is 11.7 Å². The van der Waals surface area contributed by atoms with Crippen LogP contribution in [0.3, 0.4) is 0 Å². The second-order valence-electron chi connectivity index (χ2n) is 5.13. The van der Waals surface area contributed by atoms with Gasteiger partial charge in [-0.25, -0.2) is 0 Å². The summed E-state index contributed by atoms with van der Waals surface area (Å²) in [6.45, 7) is 0.975. The minimum atomic E-state index is 0.137. The Morgan fingerprint density at radius 3 is 2.43 bits per heavy atom. The van der Waals surface area contributed by atoms with Crippen molar-refractivity contribution in [1.29, 1.82) is 0 Å². The van der Waals surface area contributed by atoms with Crippen molar-refractivity contribution in [3.05, 3.63) is 18.0 Å². The zero-order chi connectivity index (χ0) is 16.2. The molecule has 0 spiro atoms. The summed E-state index contributed by atoms with van der Waals surface area (Å²) < 4.78 is 21.6. The number of anilines is 2. The fraction of sp³-hybridized carbons (Fsp3) is 0.467. The van der Waals surface area contributed by atoms with Gasteiger partial charge in [0.25, 0.3) is 0 Å². The van der Waals surface area contributed by atoms with Gasteiger partial charge in [0.1, 0.15) is 0 Å². The highest BCUT2D eigenvalue weighted by Crippen LogP contribution is 2.40. The first-order valence-electron chi connectivity index (χ1n) is 7.39. The molecule has 0 unspecified atom stereocenters. The number of methoxy groups -OCH3 is 3. The number of nitrogens with one attached hydrogen (secondary N) is 2. The third kappa shape index (κ3) is 3.16. The second kappa shape index (κ2) is 6.74. The maximum absolute atomic E-state index is 5.67. The molecule has 0 aliphatic carbocycles. The molecule has 1 aliphatic rings. The minimum Gasteiger partial charge on any atom is -0.493 e. The Balaban J connectivity index is 1.82. The predicted octanol–water partition coefficient (Wildman–Crippen LogP) is 2.26. The van der Waals surface area contributed by atoms with Crippen molar-refractivity contribution in [1.82, 2.24) is 15.5 Å². The highest BCUT2D eigenvalue weighted by atomic mass is 16.5. The van der Waals surface area contributed by atoms with Gasteiger partial charge < -0.3 is 29.3 Å². The van der Waals surface area contributed by atoms with Crippen molar-refractivity contribution in [2.75, 3.05) is 33.2 Å². The lowest BCUT2D eigenvalue weighted by atomic mass is 10.2. The average molecular weight is 320 g/mol. The van der Waals surface area contributed by atoms with Crippen LogP contribution in [-0.4, -0.2) is 38.1 Å². The minimum absolute atomic E-state index is 0.137. The van der Waals surface area contributed by atoms with Crippen LogP contribution in [0.25, 0.3) is 0 Å². The van der Waals surface area contributed by atoms with Crippen LogP contribution in [0.5, 0.6) is 17.2 Å². The molecule has 1 saturated heterocycles. The van der Waals surface area contributed by atoms with Gasteiger partial charge in [0.15, 0.2) is 11.5 Å². The summed E-state index contributed by atoms with van der Waals surface area (Å²) in [7, 11) is 4.70. The first-order valence-corrected chi connectivity index (χ1v) is 7.39. The summed E-state index contributed by atoms with van der Waals surface area (Å²) in [4.78, 5) is 0. The SMILES string of the molecule is COc1cc(Nc2nnc([C@@H]3CCCN3)o2)cc(OC)c1OC. The van der Waals surface area contributed by atoms with Gasteiger partial charge in [0.2, 0.25) is 11.6 Å². The van der Waals surface area contributed by atoms with E-state index in [-0.39, 0.29) is 6.04 Å². The molecule has 0 saturated carbocycles. The summed E-state index contributed by atoms with van der Waals surface area (Å²) >= 11 is 0. The monoisotopic (exact) mass is 320 g/mol. The molecule has 1 fully saturated rings. The van der Waals surface area contributed by atoms with Gasteiger partial charge in [0, 0.05) is 12.1 Å². The number of hydrogen-bond donors (Lipinski definition) is 2. The fourth-order valence-electron chi connectivity index (χ4n) is 2.60. The van der Waals surface area contributed by atoms with E-state index in [0.717, 1.165) is 19.4 Å². The average Bonchev–Trinajstić information content (AvgIpc) is 3.25. The third-order valence-corrected chi connectivity index (χ3v) is 3.72. The van der Waals surface area contributed by atoms with Crippen molar-refractivity contribution in [2.24, 2.45) is 0 Å². The number of nitrogens with zero attached hydrogens (tertiary/aromatic N) is 2. The molecule has 2 aromatic rings. The topological polar surface area (TPSA) is 90.7 Å². The molecule has 23 heavy (non-hydrogen) atoms. The highest BCUT2D eigenvalue weighted by Gasteiger charge is 2.22. The molecule has 0 radical (unpaired) electrons. The lowest BCUT2D eigenvalue weighted by Gasteiger charge is -2.13. The van der Waals surface area contributed by atoms with Gasteiger partial charge in [-0.2, -0.15) is 0 Å². The van der Waals surface area contributed by atoms with Gasteiger partial charge in [-0.3, -0.25) is 0 Å². The van der Waals surface area contributed by atoms with Crippen LogP contribution in [0.1, 0.15) is 24.8 Å². The highest BCUT2D eigenvalue weighted by molar-refractivity contribution is 5.65. The number of aromatic nitrogens is 2. The zero-order valence-electron chi connectivity index (χ0n) is 13.4. The third-order valence-electron chi connectivity index (χ3n) is 3.72. The standard InChI is InChI=1S/C15H20N4O4/c1-20-11-7-9(8-12(21-2)13(11)22-3)17-15-19-18-14(23-15)10-5-4-6-16-10/h7-8,10,16H,4-6H2,1-3H3,(H,17,19)/t10-/m0/s1. The molecule has 2 N–H and O–H groups in total. The van der Waals surface area contributed by atoms with E-state index in [9.17, 15) is 0 Å². The maximum Gasteiger partial charge on any atom is 0.320 e. The van der Waals surface area contributed by atoms with E-state index < -0.39 is 0 Å². The molecule has 1 aromatic carbocycles. The molecule has 0 amide bonds. The van der Waals surface area contributed by atoms with Crippen molar-refractivity contribution in [2.45, 2.75) is 18.9 Å². The van der Waals surface area contributed by atoms with E-state index in [0.29, 0.717) is 34.8 Å². The zero-order valence-corrected chi connectivity index (χ0v) is 13.4. The number of rotatable bonds is 6. The van der Waals surface area contributed by atoms with Gasteiger partial charge in [-0.05, 0) is 19.4 Å². The van der Waals surface area contributed by atoms with Gasteiger partial charge in [0.05, 0.1) is 33.1 Å². The summed E-state index contributed by atoms with van der Waals surface area (Å²) in [5.41, 5.74) is 0.703. The largest absolute Gasteiger partial charge is 0.493 e. The van der Waals surface area contributed by atoms with E-state index in [1.54, 1.807) is 33.5 Å². The van der Waals surface area contributed by atoms with Crippen molar-refractivity contribution < 1.29 is 18.6 Å². The first kappa shape index (κ1) is 15.4. The molecule has 1 aliphatic heterocycles. The van der Waals surface area contributed by atoms with E-state index in [1.807, 2.05) is 0 Å². The van der Waals surface area contributed by atoms with Crippen LogP contribution in [0, 0.1) is 0 Å². The van der Waals surface area contributed by atoms with Crippen molar-refractivity contribution in [3.63, 3.8) is 0 Å². The molecule has 1 atom stereocenters. The number of benzene rings is 1. The van der Waals surface area contributed by atoms with E-state index >= 15 is 0 Å². The molecule has 3 rings (SSSR count). The van der Waals surface area contributed by atoms with Crippen LogP contribution in [-0.2, 0) is 0 Å². The molecule has 8 heteroatoms. The Hall–Kier alpha value is -2.48. The van der Waals surface area contributed by atoms with Gasteiger partial charge >= 0.3 is 6.01 Å². The Bertz CT molecular complexity index is 642. The Kier molecular flexibility index (Phi) is 4.52. The lowest BCUT2D eigenvalue weighted by molar-refractivity contribution is 0.324. The van der Waals surface area contributed by atoms with Crippen LogP contribution in [0.2, 0.25) is 0 Å². The second-order valence-corrected chi connectivity index (χ2v) is 5.13. The molecular formula is C15H20N4O4. The first-order chi connectivity index (χ1) is 11.2. The Labute approximate surface area is 134 Å². The summed E-state index contributed by atoms with van der Waals surface area (Å²) in [5.74, 6) is 2.22. The van der Waals surface area contributed by atoms with Crippen LogP contribution < -0.4 is 24.8 Å². The Morgan fingerprint density at radius 2 is 1.87 bits per heavy atom. The summed E-state index contributed by atoms with van der Waals surface area (Å²) in [6, 6.07) is 4.01. The van der Waals surface area contributed by atoms with Crippen molar-refractivity contribution in [3.8, 4) is 17.2 Å². The molecule has 2 heterocycles. The van der Waals surface area contributed by atoms with E-state index in [4.69, 9.17) is 18.6 Å². The molecule has 1 aromatic heterocycles. The lowest BCUT2D eigenvalue weighted by Crippen LogP contribution is -2.12. The smallest absolute Gasteiger partial charge is 0.320 e. The Morgan fingerprint density at radius 1 is 1.13 bits per heavy atom. The predicted molar refractivity (Wildman–Crippen MR) is 83.7 cm³/mol. The number of ether oxygens (including phenoxy) is 3. The van der Waals surface area contributed by atoms with Gasteiger partial charge in [-0.1, -0.05) is 5.10 Å². The quantitative estimate of drug-likeness (QED) is 0.837. The normalized spacial score (nSPS) is 17.1.